The summed E-state index contributed by atoms with van der Waals surface area (Å²) >= 11 is 0. The van der Waals surface area contributed by atoms with Gasteiger partial charge in [-0.1, -0.05) is 13.0 Å². The lowest BCUT2D eigenvalue weighted by atomic mass is 10.1. The molecule has 0 fully saturated rings. The predicted octanol–water partition coefficient (Wildman–Crippen LogP) is 2.04. The van der Waals surface area contributed by atoms with Gasteiger partial charge in [-0.15, -0.1) is 0 Å². The summed E-state index contributed by atoms with van der Waals surface area (Å²) in [4.78, 5) is 4.18. The van der Waals surface area contributed by atoms with Gasteiger partial charge in [0.15, 0.2) is 0 Å². The summed E-state index contributed by atoms with van der Waals surface area (Å²) in [6.07, 6.45) is 6.50. The molecule has 17 heavy (non-hydrogen) atoms. The second-order valence-electron chi connectivity index (χ2n) is 4.25. The Morgan fingerprint density at radius 1 is 1.41 bits per heavy atom. The molecule has 0 bridgehead atoms. The summed E-state index contributed by atoms with van der Waals surface area (Å²) < 4.78 is 1.97. The summed E-state index contributed by atoms with van der Waals surface area (Å²) in [6, 6.07) is 3.89. The first-order valence-corrected chi connectivity index (χ1v) is 5.91. The van der Waals surface area contributed by atoms with Crippen LogP contribution in [0.2, 0.25) is 0 Å². The Morgan fingerprint density at radius 3 is 2.94 bits per heavy atom. The molecule has 4 nitrogen and oxygen atoms in total. The number of nitrogens with zero attached hydrogens (tertiary/aromatic N) is 3. The van der Waals surface area contributed by atoms with Crippen LogP contribution in [0.5, 0.6) is 0 Å². The fourth-order valence-corrected chi connectivity index (χ4v) is 1.92. The average molecular weight is 230 g/mol. The molecule has 2 N–H and O–H groups in total. The lowest BCUT2D eigenvalue weighted by molar-refractivity contribution is 0.559. The molecule has 0 saturated carbocycles. The maximum atomic E-state index is 6.26. The van der Waals surface area contributed by atoms with Gasteiger partial charge < -0.3 is 5.73 Å². The second kappa shape index (κ2) is 5.10. The number of aryl methyl sites for hydroxylation is 2. The summed E-state index contributed by atoms with van der Waals surface area (Å²) in [5.74, 6) is 0. The first-order chi connectivity index (χ1) is 8.22. The zero-order chi connectivity index (χ0) is 12.3. The quantitative estimate of drug-likeness (QED) is 0.874. The minimum absolute atomic E-state index is 0.156. The third kappa shape index (κ3) is 2.53. The van der Waals surface area contributed by atoms with E-state index in [4.69, 9.17) is 5.73 Å². The summed E-state index contributed by atoms with van der Waals surface area (Å²) in [5, 5.41) is 4.29. The Bertz CT molecular complexity index is 490. The van der Waals surface area contributed by atoms with E-state index in [1.54, 1.807) is 6.20 Å². The SMILES string of the molecule is CCCn1nccc1C(N)c1cncc(C)c1. The molecule has 0 amide bonds. The van der Waals surface area contributed by atoms with E-state index in [1.165, 1.54) is 0 Å². The van der Waals surface area contributed by atoms with Crippen molar-refractivity contribution in [2.24, 2.45) is 5.73 Å². The molecule has 2 rings (SSSR count). The molecule has 4 heteroatoms. The minimum atomic E-state index is -0.156. The zero-order valence-electron chi connectivity index (χ0n) is 10.3. The molecule has 0 spiro atoms. The van der Waals surface area contributed by atoms with Crippen LogP contribution in [0, 0.1) is 6.92 Å². The van der Waals surface area contributed by atoms with Gasteiger partial charge >= 0.3 is 0 Å². The van der Waals surface area contributed by atoms with E-state index >= 15 is 0 Å². The lowest BCUT2D eigenvalue weighted by Crippen LogP contribution is -2.17. The van der Waals surface area contributed by atoms with Gasteiger partial charge in [-0.3, -0.25) is 9.67 Å². The molecule has 0 aliphatic carbocycles. The van der Waals surface area contributed by atoms with Gasteiger partial charge in [-0.2, -0.15) is 5.10 Å². The highest BCUT2D eigenvalue weighted by atomic mass is 15.3. The fraction of sp³-hybridized carbons (Fsp3) is 0.385. The molecule has 90 valence electrons. The van der Waals surface area contributed by atoms with Crippen molar-refractivity contribution in [3.05, 3.63) is 47.5 Å². The van der Waals surface area contributed by atoms with Crippen LogP contribution in [-0.4, -0.2) is 14.8 Å². The molecule has 2 aromatic heterocycles. The standard InChI is InChI=1S/C13H18N4/c1-3-6-17-12(4-5-16-17)13(14)11-7-10(2)8-15-9-11/h4-5,7-9,13H,3,6,14H2,1-2H3. The van der Waals surface area contributed by atoms with E-state index in [2.05, 4.69) is 23.1 Å². The second-order valence-corrected chi connectivity index (χ2v) is 4.25. The Kier molecular flexibility index (Phi) is 3.54. The van der Waals surface area contributed by atoms with Crippen LogP contribution in [0.4, 0.5) is 0 Å². The van der Waals surface area contributed by atoms with Gasteiger partial charge in [0.2, 0.25) is 0 Å². The van der Waals surface area contributed by atoms with Crippen LogP contribution >= 0.6 is 0 Å². The van der Waals surface area contributed by atoms with Crippen molar-refractivity contribution in [1.29, 1.82) is 0 Å². The summed E-state index contributed by atoms with van der Waals surface area (Å²) in [7, 11) is 0. The number of nitrogens with two attached hydrogens (primary N) is 1. The number of aromatic nitrogens is 3. The van der Waals surface area contributed by atoms with Gasteiger partial charge in [-0.05, 0) is 30.5 Å². The molecule has 0 aromatic carbocycles. The molecule has 2 aromatic rings. The molecule has 1 atom stereocenters. The molecular formula is C13H18N4. The van der Waals surface area contributed by atoms with Crippen molar-refractivity contribution in [1.82, 2.24) is 14.8 Å². The minimum Gasteiger partial charge on any atom is -0.319 e. The first-order valence-electron chi connectivity index (χ1n) is 5.91. The lowest BCUT2D eigenvalue weighted by Gasteiger charge is -2.14. The Labute approximate surface area is 101 Å². The van der Waals surface area contributed by atoms with Crippen molar-refractivity contribution in [3.8, 4) is 0 Å². The maximum Gasteiger partial charge on any atom is 0.0738 e. The molecule has 0 radical (unpaired) electrons. The number of rotatable bonds is 4. The highest BCUT2D eigenvalue weighted by Crippen LogP contribution is 2.19. The van der Waals surface area contributed by atoms with Crippen LogP contribution in [0.25, 0.3) is 0 Å². The van der Waals surface area contributed by atoms with Crippen LogP contribution in [0.15, 0.2) is 30.7 Å². The van der Waals surface area contributed by atoms with Crippen LogP contribution in [0.3, 0.4) is 0 Å². The molecule has 1 unspecified atom stereocenters. The van der Waals surface area contributed by atoms with Gasteiger partial charge in [0, 0.05) is 25.1 Å². The normalized spacial score (nSPS) is 12.6. The number of hydrogen-bond acceptors (Lipinski definition) is 3. The average Bonchev–Trinajstić information content (AvgIpc) is 2.77. The summed E-state index contributed by atoms with van der Waals surface area (Å²) in [6.45, 7) is 5.05. The third-order valence-corrected chi connectivity index (χ3v) is 2.76. The van der Waals surface area contributed by atoms with E-state index in [0.29, 0.717) is 0 Å². The van der Waals surface area contributed by atoms with Crippen LogP contribution in [-0.2, 0) is 6.54 Å². The largest absolute Gasteiger partial charge is 0.319 e. The van der Waals surface area contributed by atoms with Crippen molar-refractivity contribution in [3.63, 3.8) is 0 Å². The number of pyridine rings is 1. The Hall–Kier alpha value is -1.68. The van der Waals surface area contributed by atoms with Crippen molar-refractivity contribution < 1.29 is 0 Å². The highest BCUT2D eigenvalue weighted by molar-refractivity contribution is 5.27. The van der Waals surface area contributed by atoms with Gasteiger partial charge in [-0.25, -0.2) is 0 Å². The smallest absolute Gasteiger partial charge is 0.0738 e. The van der Waals surface area contributed by atoms with E-state index in [1.807, 2.05) is 30.1 Å². The first kappa shape index (κ1) is 11.8. The molecule has 0 aliphatic rings. The van der Waals surface area contributed by atoms with Crippen molar-refractivity contribution >= 4 is 0 Å². The zero-order valence-corrected chi connectivity index (χ0v) is 10.3. The Morgan fingerprint density at radius 2 is 2.24 bits per heavy atom. The van der Waals surface area contributed by atoms with Crippen LogP contribution < -0.4 is 5.73 Å². The van der Waals surface area contributed by atoms with Gasteiger partial charge in [0.25, 0.3) is 0 Å². The fourth-order valence-electron chi connectivity index (χ4n) is 1.92. The predicted molar refractivity (Wildman–Crippen MR) is 67.5 cm³/mol. The Balaban J connectivity index is 2.30. The maximum absolute atomic E-state index is 6.26. The molecular weight excluding hydrogens is 212 g/mol. The van der Waals surface area contributed by atoms with Crippen LogP contribution in [0.1, 0.15) is 36.2 Å². The molecule has 0 saturated heterocycles. The third-order valence-electron chi connectivity index (χ3n) is 2.76. The van der Waals surface area contributed by atoms with Crippen molar-refractivity contribution in [2.75, 3.05) is 0 Å². The van der Waals surface area contributed by atoms with Crippen molar-refractivity contribution in [2.45, 2.75) is 32.9 Å². The van der Waals surface area contributed by atoms with E-state index in [0.717, 1.165) is 29.8 Å². The van der Waals surface area contributed by atoms with E-state index in [-0.39, 0.29) is 6.04 Å². The van der Waals surface area contributed by atoms with Gasteiger partial charge in [0.1, 0.15) is 0 Å². The monoisotopic (exact) mass is 230 g/mol. The van der Waals surface area contributed by atoms with E-state index < -0.39 is 0 Å². The summed E-state index contributed by atoms with van der Waals surface area (Å²) in [5.41, 5.74) is 9.46. The number of hydrogen-bond donors (Lipinski definition) is 1. The molecule has 2 heterocycles. The molecule has 0 aliphatic heterocycles. The van der Waals surface area contributed by atoms with Gasteiger partial charge in [0.05, 0.1) is 11.7 Å². The highest BCUT2D eigenvalue weighted by Gasteiger charge is 2.13. The van der Waals surface area contributed by atoms with E-state index in [9.17, 15) is 0 Å². The topological polar surface area (TPSA) is 56.7 Å².